The third-order valence-corrected chi connectivity index (χ3v) is 6.14. The fourth-order valence-electron chi connectivity index (χ4n) is 3.83. The van der Waals surface area contributed by atoms with Gasteiger partial charge < -0.3 is 15.0 Å². The molecule has 2 rings (SSSR count). The second-order valence-electron chi connectivity index (χ2n) is 9.53. The van der Waals surface area contributed by atoms with Crippen molar-refractivity contribution in [3.05, 3.63) is 64.7 Å². The Bertz CT molecular complexity index is 932. The van der Waals surface area contributed by atoms with E-state index in [1.165, 1.54) is 16.7 Å². The van der Waals surface area contributed by atoms with E-state index in [0.717, 1.165) is 17.1 Å². The molecule has 0 bridgehead atoms. The second kappa shape index (κ2) is 12.1. The summed E-state index contributed by atoms with van der Waals surface area (Å²) in [6.45, 7) is 12.3. The van der Waals surface area contributed by atoms with Crippen molar-refractivity contribution in [3.8, 4) is 5.75 Å². The Labute approximate surface area is 203 Å². The lowest BCUT2D eigenvalue weighted by atomic mass is 10.1. The Hall–Kier alpha value is -2.47. The summed E-state index contributed by atoms with van der Waals surface area (Å²) in [5.74, 6) is 1.64. The van der Waals surface area contributed by atoms with Crippen molar-refractivity contribution in [2.45, 2.75) is 71.8 Å². The van der Waals surface area contributed by atoms with Crippen LogP contribution in [-0.4, -0.2) is 41.2 Å². The summed E-state index contributed by atoms with van der Waals surface area (Å²) < 4.78 is 5.34. The molecule has 0 aromatic heterocycles. The molecule has 0 fully saturated rings. The lowest BCUT2D eigenvalue weighted by Crippen LogP contribution is -2.53. The van der Waals surface area contributed by atoms with Gasteiger partial charge >= 0.3 is 0 Å². The van der Waals surface area contributed by atoms with Crippen molar-refractivity contribution >= 4 is 23.6 Å². The number of ether oxygens (including phenoxy) is 1. The van der Waals surface area contributed by atoms with Gasteiger partial charge in [-0.2, -0.15) is 0 Å². The third-order valence-electron chi connectivity index (χ3n) is 5.15. The van der Waals surface area contributed by atoms with Gasteiger partial charge in [0.05, 0.1) is 12.9 Å². The van der Waals surface area contributed by atoms with Gasteiger partial charge in [0.25, 0.3) is 0 Å². The largest absolute Gasteiger partial charge is 0.497 e. The quantitative estimate of drug-likeness (QED) is 0.514. The molecule has 2 aromatic carbocycles. The van der Waals surface area contributed by atoms with Crippen LogP contribution in [0.2, 0.25) is 0 Å². The van der Waals surface area contributed by atoms with E-state index in [1.807, 2.05) is 52.0 Å². The molecule has 0 aliphatic carbocycles. The molecule has 1 atom stereocenters. The zero-order valence-corrected chi connectivity index (χ0v) is 21.8. The molecule has 0 saturated carbocycles. The summed E-state index contributed by atoms with van der Waals surface area (Å²) >= 11 is 1.58. The molecular formula is C27H38N2O3S. The minimum Gasteiger partial charge on any atom is -0.497 e. The topological polar surface area (TPSA) is 58.6 Å². The maximum atomic E-state index is 13.4. The molecule has 0 saturated heterocycles. The molecule has 5 nitrogen and oxygen atoms in total. The number of thioether (sulfide) groups is 1. The third kappa shape index (κ3) is 8.77. The van der Waals surface area contributed by atoms with Crippen LogP contribution in [0.25, 0.3) is 0 Å². The van der Waals surface area contributed by atoms with Crippen LogP contribution in [0.5, 0.6) is 5.75 Å². The normalized spacial score (nSPS) is 12.2. The standard InChI is InChI=1S/C27H38N2O3S/c1-8-24(26(31)28-27(4,5)6)29(16-21-10-9-11-23(15-21)32-7)25(30)18-33-17-22-13-19(2)12-20(3)14-22/h9-15,24H,8,16-18H2,1-7H3,(H,28,31)/t24-/m1/s1. The summed E-state index contributed by atoms with van der Waals surface area (Å²) in [5, 5.41) is 3.04. The monoisotopic (exact) mass is 470 g/mol. The molecule has 1 N–H and O–H groups in total. The van der Waals surface area contributed by atoms with Crippen LogP contribution < -0.4 is 10.1 Å². The summed E-state index contributed by atoms with van der Waals surface area (Å²) in [7, 11) is 1.62. The summed E-state index contributed by atoms with van der Waals surface area (Å²) in [6.07, 6.45) is 0.541. The zero-order chi connectivity index (χ0) is 24.6. The van der Waals surface area contributed by atoms with Crippen LogP contribution in [-0.2, 0) is 21.9 Å². The van der Waals surface area contributed by atoms with Gasteiger partial charge in [0.2, 0.25) is 11.8 Å². The molecular weight excluding hydrogens is 432 g/mol. The number of amides is 2. The van der Waals surface area contributed by atoms with Crippen LogP contribution in [0.15, 0.2) is 42.5 Å². The molecule has 180 valence electrons. The fourth-order valence-corrected chi connectivity index (χ4v) is 4.68. The van der Waals surface area contributed by atoms with E-state index < -0.39 is 6.04 Å². The first-order valence-corrected chi connectivity index (χ1v) is 12.6. The minimum absolute atomic E-state index is 0.0388. The first-order valence-electron chi connectivity index (χ1n) is 11.4. The molecule has 0 aliphatic rings. The van der Waals surface area contributed by atoms with E-state index in [4.69, 9.17) is 4.74 Å². The van der Waals surface area contributed by atoms with Crippen LogP contribution >= 0.6 is 11.8 Å². The molecule has 2 amide bonds. The van der Waals surface area contributed by atoms with Gasteiger partial charge in [0.15, 0.2) is 0 Å². The van der Waals surface area contributed by atoms with Gasteiger partial charge in [0, 0.05) is 17.8 Å². The van der Waals surface area contributed by atoms with E-state index in [2.05, 4.69) is 37.4 Å². The highest BCUT2D eigenvalue weighted by Gasteiger charge is 2.30. The molecule has 0 heterocycles. The Morgan fingerprint density at radius 1 is 1.06 bits per heavy atom. The van der Waals surface area contributed by atoms with Crippen molar-refractivity contribution in [1.82, 2.24) is 10.2 Å². The number of methoxy groups -OCH3 is 1. The number of aryl methyl sites for hydroxylation is 2. The van der Waals surface area contributed by atoms with Crippen LogP contribution in [0.3, 0.4) is 0 Å². The molecule has 0 aliphatic heterocycles. The van der Waals surface area contributed by atoms with Gasteiger partial charge in [-0.1, -0.05) is 48.4 Å². The summed E-state index contributed by atoms with van der Waals surface area (Å²) in [6, 6.07) is 13.6. The number of rotatable bonds is 10. The summed E-state index contributed by atoms with van der Waals surface area (Å²) in [5.41, 5.74) is 4.22. The highest BCUT2D eigenvalue weighted by Crippen LogP contribution is 2.21. The van der Waals surface area contributed by atoms with Gasteiger partial charge in [-0.25, -0.2) is 0 Å². The first kappa shape index (κ1) is 26.8. The van der Waals surface area contributed by atoms with E-state index in [1.54, 1.807) is 23.8 Å². The number of hydrogen-bond donors (Lipinski definition) is 1. The Morgan fingerprint density at radius 2 is 1.73 bits per heavy atom. The van der Waals surface area contributed by atoms with E-state index in [-0.39, 0.29) is 17.4 Å². The highest BCUT2D eigenvalue weighted by molar-refractivity contribution is 7.99. The molecule has 2 aromatic rings. The average Bonchev–Trinajstić information content (AvgIpc) is 2.71. The van der Waals surface area contributed by atoms with Crippen molar-refractivity contribution in [2.75, 3.05) is 12.9 Å². The number of nitrogens with zero attached hydrogens (tertiary/aromatic N) is 1. The number of nitrogens with one attached hydrogen (secondary N) is 1. The Balaban J connectivity index is 2.19. The number of hydrogen-bond acceptors (Lipinski definition) is 4. The first-order chi connectivity index (χ1) is 15.5. The zero-order valence-electron chi connectivity index (χ0n) is 21.0. The molecule has 33 heavy (non-hydrogen) atoms. The van der Waals surface area contributed by atoms with Crippen LogP contribution in [0.1, 0.15) is 56.4 Å². The second-order valence-corrected chi connectivity index (χ2v) is 10.5. The van der Waals surface area contributed by atoms with Crippen molar-refractivity contribution in [2.24, 2.45) is 0 Å². The van der Waals surface area contributed by atoms with Gasteiger partial charge in [-0.05, 0) is 64.3 Å². The van der Waals surface area contributed by atoms with Crippen LogP contribution in [0, 0.1) is 13.8 Å². The van der Waals surface area contributed by atoms with Crippen molar-refractivity contribution in [3.63, 3.8) is 0 Å². The van der Waals surface area contributed by atoms with Crippen LogP contribution in [0.4, 0.5) is 0 Å². The predicted molar refractivity (Wildman–Crippen MR) is 138 cm³/mol. The fraction of sp³-hybridized carbons (Fsp3) is 0.481. The van der Waals surface area contributed by atoms with E-state index in [9.17, 15) is 9.59 Å². The molecule has 0 spiro atoms. The highest BCUT2D eigenvalue weighted by atomic mass is 32.2. The SMILES string of the molecule is CC[C@H](C(=O)NC(C)(C)C)N(Cc1cccc(OC)c1)C(=O)CSCc1cc(C)cc(C)c1. The predicted octanol–water partition coefficient (Wildman–Crippen LogP) is 5.27. The van der Waals surface area contributed by atoms with Gasteiger partial charge in [-0.15, -0.1) is 11.8 Å². The summed E-state index contributed by atoms with van der Waals surface area (Å²) in [4.78, 5) is 28.2. The van der Waals surface area contributed by atoms with E-state index in [0.29, 0.717) is 18.7 Å². The number of carbonyl (C=O) groups excluding carboxylic acids is 2. The maximum absolute atomic E-state index is 13.4. The van der Waals surface area contributed by atoms with Gasteiger partial charge in [0.1, 0.15) is 11.8 Å². The number of carbonyl (C=O) groups is 2. The Morgan fingerprint density at radius 3 is 2.30 bits per heavy atom. The maximum Gasteiger partial charge on any atom is 0.243 e. The lowest BCUT2D eigenvalue weighted by Gasteiger charge is -2.33. The van der Waals surface area contributed by atoms with Crippen molar-refractivity contribution < 1.29 is 14.3 Å². The van der Waals surface area contributed by atoms with Crippen molar-refractivity contribution in [1.29, 1.82) is 0 Å². The smallest absolute Gasteiger partial charge is 0.243 e. The Kier molecular flexibility index (Phi) is 9.84. The minimum atomic E-state index is -0.537. The van der Waals surface area contributed by atoms with E-state index >= 15 is 0 Å². The molecule has 6 heteroatoms. The molecule has 0 unspecified atom stereocenters. The number of benzene rings is 2. The lowest BCUT2D eigenvalue weighted by molar-refractivity contribution is -0.140. The molecule has 0 radical (unpaired) electrons. The average molecular weight is 471 g/mol. The van der Waals surface area contributed by atoms with Gasteiger partial charge in [-0.3, -0.25) is 9.59 Å².